The number of aromatic nitrogens is 2. The average Bonchev–Trinajstić information content (AvgIpc) is 3.23. The Morgan fingerprint density at radius 1 is 0.600 bits per heavy atom. The Balaban J connectivity index is 1.38. The lowest BCUT2D eigenvalue weighted by Crippen LogP contribution is -2.00. The summed E-state index contributed by atoms with van der Waals surface area (Å²) >= 11 is 0. The lowest BCUT2D eigenvalue weighted by atomic mass is 10.0. The smallest absolute Gasteiger partial charge is 0.173 e. The first-order valence-electron chi connectivity index (χ1n) is 14.1. The molecule has 0 aliphatic heterocycles. The van der Waals surface area contributed by atoms with Gasteiger partial charge in [-0.15, -0.1) is 0 Å². The number of ether oxygens (including phenoxy) is 1. The third-order valence-corrected chi connectivity index (χ3v) is 6.84. The van der Waals surface area contributed by atoms with Gasteiger partial charge in [0.15, 0.2) is 5.75 Å². The van der Waals surface area contributed by atoms with Crippen LogP contribution in [-0.2, 0) is 7.05 Å². The molecule has 0 saturated heterocycles. The molecule has 0 atom stereocenters. The van der Waals surface area contributed by atoms with Crippen LogP contribution in [0.3, 0.4) is 0 Å². The SMILES string of the molecule is CCCCCCCCCCCCCCCCOc1c(-c2ccccc2)nn(C)c1-c1ccccc1. The van der Waals surface area contributed by atoms with E-state index in [-0.39, 0.29) is 0 Å². The maximum absolute atomic E-state index is 6.42. The van der Waals surface area contributed by atoms with E-state index in [0.29, 0.717) is 0 Å². The van der Waals surface area contributed by atoms with Gasteiger partial charge in [-0.25, -0.2) is 0 Å². The van der Waals surface area contributed by atoms with Crippen molar-refractivity contribution in [2.24, 2.45) is 7.05 Å². The van der Waals surface area contributed by atoms with Crippen LogP contribution >= 0.6 is 0 Å². The molecule has 0 fully saturated rings. The molecule has 35 heavy (non-hydrogen) atoms. The second-order valence-electron chi connectivity index (χ2n) is 9.83. The zero-order valence-corrected chi connectivity index (χ0v) is 22.2. The van der Waals surface area contributed by atoms with Gasteiger partial charge in [-0.1, -0.05) is 151 Å². The van der Waals surface area contributed by atoms with Gasteiger partial charge in [0.2, 0.25) is 0 Å². The van der Waals surface area contributed by atoms with E-state index < -0.39 is 0 Å². The number of hydrogen-bond donors (Lipinski definition) is 0. The molecule has 0 amide bonds. The van der Waals surface area contributed by atoms with Crippen molar-refractivity contribution in [2.75, 3.05) is 6.61 Å². The maximum atomic E-state index is 6.42. The average molecular weight is 475 g/mol. The van der Waals surface area contributed by atoms with Gasteiger partial charge in [-0.2, -0.15) is 5.10 Å². The van der Waals surface area contributed by atoms with Crippen molar-refractivity contribution in [3.8, 4) is 28.3 Å². The first kappa shape index (κ1) is 27.0. The van der Waals surface area contributed by atoms with E-state index in [2.05, 4.69) is 55.5 Å². The molecule has 0 bridgehead atoms. The second kappa shape index (κ2) is 16.2. The number of rotatable bonds is 18. The van der Waals surface area contributed by atoms with Gasteiger partial charge in [0.1, 0.15) is 11.4 Å². The van der Waals surface area contributed by atoms with Crippen LogP contribution in [0, 0.1) is 0 Å². The second-order valence-corrected chi connectivity index (χ2v) is 9.83. The first-order valence-corrected chi connectivity index (χ1v) is 14.1. The highest BCUT2D eigenvalue weighted by molar-refractivity contribution is 5.78. The summed E-state index contributed by atoms with van der Waals surface area (Å²) in [6, 6.07) is 20.8. The van der Waals surface area contributed by atoms with Gasteiger partial charge < -0.3 is 4.74 Å². The van der Waals surface area contributed by atoms with Crippen LogP contribution in [-0.4, -0.2) is 16.4 Å². The summed E-state index contributed by atoms with van der Waals surface area (Å²) in [5, 5.41) is 4.84. The van der Waals surface area contributed by atoms with E-state index in [1.54, 1.807) is 0 Å². The molecule has 1 heterocycles. The fraction of sp³-hybridized carbons (Fsp3) is 0.531. The Morgan fingerprint density at radius 2 is 1.06 bits per heavy atom. The van der Waals surface area contributed by atoms with Crippen LogP contribution < -0.4 is 4.74 Å². The number of hydrogen-bond acceptors (Lipinski definition) is 2. The van der Waals surface area contributed by atoms with Crippen LogP contribution in [0.5, 0.6) is 5.75 Å². The van der Waals surface area contributed by atoms with E-state index in [0.717, 1.165) is 41.3 Å². The quantitative estimate of drug-likeness (QED) is 0.172. The van der Waals surface area contributed by atoms with Crippen molar-refractivity contribution >= 4 is 0 Å². The van der Waals surface area contributed by atoms with Crippen LogP contribution in [0.15, 0.2) is 60.7 Å². The number of aryl methyl sites for hydroxylation is 1. The highest BCUT2D eigenvalue weighted by atomic mass is 16.5. The molecule has 3 heteroatoms. The molecule has 0 N–H and O–H groups in total. The van der Waals surface area contributed by atoms with Crippen molar-refractivity contribution in [2.45, 2.75) is 96.8 Å². The third-order valence-electron chi connectivity index (χ3n) is 6.84. The molecular formula is C32H46N2O. The van der Waals surface area contributed by atoms with Gasteiger partial charge in [-0.05, 0) is 6.42 Å². The molecule has 3 nitrogen and oxygen atoms in total. The Hall–Kier alpha value is -2.55. The van der Waals surface area contributed by atoms with E-state index >= 15 is 0 Å². The molecule has 0 aliphatic rings. The molecular weight excluding hydrogens is 428 g/mol. The lowest BCUT2D eigenvalue weighted by molar-refractivity contribution is 0.306. The predicted octanol–water partition coefficient (Wildman–Crippen LogP) is 9.61. The molecule has 3 aromatic rings. The minimum Gasteiger partial charge on any atom is -0.489 e. The minimum absolute atomic E-state index is 0.739. The maximum Gasteiger partial charge on any atom is 0.173 e. The summed E-state index contributed by atoms with van der Waals surface area (Å²) in [5.41, 5.74) is 4.22. The third kappa shape index (κ3) is 9.20. The number of unbranched alkanes of at least 4 members (excludes halogenated alkanes) is 13. The predicted molar refractivity (Wildman–Crippen MR) is 150 cm³/mol. The normalized spacial score (nSPS) is 11.1. The van der Waals surface area contributed by atoms with Gasteiger partial charge in [0.05, 0.1) is 6.61 Å². The molecule has 0 aliphatic carbocycles. The van der Waals surface area contributed by atoms with Gasteiger partial charge in [-0.3, -0.25) is 4.68 Å². The molecule has 2 aromatic carbocycles. The van der Waals surface area contributed by atoms with Gasteiger partial charge >= 0.3 is 0 Å². The van der Waals surface area contributed by atoms with Crippen LogP contribution in [0.1, 0.15) is 96.8 Å². The van der Waals surface area contributed by atoms with Crippen LogP contribution in [0.25, 0.3) is 22.5 Å². The fourth-order valence-electron chi connectivity index (χ4n) is 4.81. The van der Waals surface area contributed by atoms with E-state index in [1.807, 2.05) is 23.9 Å². The van der Waals surface area contributed by atoms with E-state index in [1.165, 1.54) is 83.5 Å². The highest BCUT2D eigenvalue weighted by Crippen LogP contribution is 2.38. The summed E-state index contributed by atoms with van der Waals surface area (Å²) in [5.74, 6) is 0.902. The topological polar surface area (TPSA) is 27.1 Å². The van der Waals surface area contributed by atoms with Gasteiger partial charge in [0, 0.05) is 18.2 Å². The summed E-state index contributed by atoms with van der Waals surface area (Å²) in [4.78, 5) is 0. The van der Waals surface area contributed by atoms with Crippen LogP contribution in [0.2, 0.25) is 0 Å². The summed E-state index contributed by atoms with van der Waals surface area (Å²) in [6.07, 6.45) is 19.1. The Morgan fingerprint density at radius 3 is 1.57 bits per heavy atom. The Labute approximate surface area is 213 Å². The summed E-state index contributed by atoms with van der Waals surface area (Å²) in [6.45, 7) is 3.03. The van der Waals surface area contributed by atoms with Gasteiger partial charge in [0.25, 0.3) is 0 Å². The molecule has 0 radical (unpaired) electrons. The zero-order valence-electron chi connectivity index (χ0n) is 22.2. The minimum atomic E-state index is 0.739. The van der Waals surface area contributed by atoms with E-state index in [4.69, 9.17) is 9.84 Å². The van der Waals surface area contributed by atoms with Crippen molar-refractivity contribution < 1.29 is 4.74 Å². The standard InChI is InChI=1S/C32H46N2O/c1-3-4-5-6-7-8-9-10-11-12-13-14-15-22-27-35-32-30(28-23-18-16-19-24-28)33-34(2)31(32)29-25-20-17-21-26-29/h16-21,23-26H,3-15,22,27H2,1-2H3. The summed E-state index contributed by atoms with van der Waals surface area (Å²) in [7, 11) is 2.01. The Bertz CT molecular complexity index is 933. The van der Waals surface area contributed by atoms with Crippen molar-refractivity contribution in [3.05, 3.63) is 60.7 Å². The largest absolute Gasteiger partial charge is 0.489 e. The van der Waals surface area contributed by atoms with E-state index in [9.17, 15) is 0 Å². The molecule has 3 rings (SSSR count). The molecule has 0 saturated carbocycles. The monoisotopic (exact) mass is 474 g/mol. The summed E-state index contributed by atoms with van der Waals surface area (Å²) < 4.78 is 8.38. The fourth-order valence-corrected chi connectivity index (χ4v) is 4.81. The van der Waals surface area contributed by atoms with Crippen molar-refractivity contribution in [3.63, 3.8) is 0 Å². The van der Waals surface area contributed by atoms with Crippen molar-refractivity contribution in [1.29, 1.82) is 0 Å². The van der Waals surface area contributed by atoms with Crippen LogP contribution in [0.4, 0.5) is 0 Å². The zero-order chi connectivity index (χ0) is 24.6. The number of nitrogens with zero attached hydrogens (tertiary/aromatic N) is 2. The first-order chi connectivity index (χ1) is 17.3. The molecule has 0 unspecified atom stereocenters. The Kier molecular flexibility index (Phi) is 12.5. The molecule has 190 valence electrons. The molecule has 0 spiro atoms. The lowest BCUT2D eigenvalue weighted by Gasteiger charge is -2.10. The van der Waals surface area contributed by atoms with Crippen molar-refractivity contribution in [1.82, 2.24) is 9.78 Å². The highest BCUT2D eigenvalue weighted by Gasteiger charge is 2.20. The molecule has 1 aromatic heterocycles. The number of benzene rings is 2.